The molecule has 0 aromatic carbocycles. The third-order valence-electron chi connectivity index (χ3n) is 3.39. The lowest BCUT2D eigenvalue weighted by Crippen LogP contribution is -2.38. The van der Waals surface area contributed by atoms with Crippen molar-refractivity contribution in [1.29, 1.82) is 0 Å². The van der Waals surface area contributed by atoms with Gasteiger partial charge in [0.25, 0.3) is 0 Å². The molecule has 0 spiro atoms. The molecule has 3 N–H and O–H groups in total. The summed E-state index contributed by atoms with van der Waals surface area (Å²) in [6, 6.07) is 0.540. The maximum absolute atomic E-state index is 5.87. The van der Waals surface area contributed by atoms with E-state index in [1.165, 1.54) is 30.6 Å². The van der Waals surface area contributed by atoms with Crippen molar-refractivity contribution in [1.82, 2.24) is 10.3 Å². The van der Waals surface area contributed by atoms with Crippen molar-refractivity contribution in [3.63, 3.8) is 0 Å². The molecule has 2 rings (SSSR count). The zero-order valence-corrected chi connectivity index (χ0v) is 12.0. The van der Waals surface area contributed by atoms with Gasteiger partial charge in [-0.2, -0.15) is 0 Å². The van der Waals surface area contributed by atoms with Crippen molar-refractivity contribution >= 4 is 17.3 Å². The smallest absolute Gasteiger partial charge is 0.188 e. The Morgan fingerprint density at radius 2 is 2.17 bits per heavy atom. The van der Waals surface area contributed by atoms with Crippen LogP contribution in [-0.2, 0) is 6.42 Å². The summed E-state index contributed by atoms with van der Waals surface area (Å²) >= 11 is 1.76. The molecule has 0 amide bonds. The standard InChI is InChI=1S/C13H22N4S/c1-9-10(2)18-12(16-9)7-8-15-13(14)17-11-5-3-4-6-11/h11H,3-8H2,1-2H3,(H3,14,15,17). The summed E-state index contributed by atoms with van der Waals surface area (Å²) in [4.78, 5) is 10.2. The summed E-state index contributed by atoms with van der Waals surface area (Å²) in [6.45, 7) is 4.88. The van der Waals surface area contributed by atoms with Gasteiger partial charge in [-0.3, -0.25) is 4.99 Å². The zero-order valence-electron chi connectivity index (χ0n) is 11.2. The van der Waals surface area contributed by atoms with Gasteiger partial charge in [0.2, 0.25) is 0 Å². The van der Waals surface area contributed by atoms with Crippen molar-refractivity contribution in [2.75, 3.05) is 6.54 Å². The molecule has 4 nitrogen and oxygen atoms in total. The third kappa shape index (κ3) is 3.70. The summed E-state index contributed by atoms with van der Waals surface area (Å²) in [5.41, 5.74) is 7.01. The first-order valence-corrected chi connectivity index (χ1v) is 7.46. The van der Waals surface area contributed by atoms with E-state index in [9.17, 15) is 0 Å². The van der Waals surface area contributed by atoms with E-state index in [4.69, 9.17) is 5.73 Å². The average molecular weight is 266 g/mol. The fraction of sp³-hybridized carbons (Fsp3) is 0.692. The lowest BCUT2D eigenvalue weighted by Gasteiger charge is -2.11. The van der Waals surface area contributed by atoms with E-state index in [1.54, 1.807) is 11.3 Å². The van der Waals surface area contributed by atoms with Gasteiger partial charge < -0.3 is 11.1 Å². The number of aliphatic imine (C=N–C) groups is 1. The van der Waals surface area contributed by atoms with E-state index in [0.29, 0.717) is 12.0 Å². The van der Waals surface area contributed by atoms with Gasteiger partial charge in [-0.05, 0) is 26.7 Å². The Morgan fingerprint density at radius 3 is 2.78 bits per heavy atom. The van der Waals surface area contributed by atoms with Crippen LogP contribution < -0.4 is 11.1 Å². The second-order valence-electron chi connectivity index (χ2n) is 4.89. The summed E-state index contributed by atoms with van der Waals surface area (Å²) in [5, 5.41) is 4.45. The number of nitrogens with zero attached hydrogens (tertiary/aromatic N) is 2. The number of guanidine groups is 1. The topological polar surface area (TPSA) is 63.3 Å². The number of aromatic nitrogens is 1. The number of hydrogen-bond donors (Lipinski definition) is 2. The highest BCUT2D eigenvalue weighted by atomic mass is 32.1. The highest BCUT2D eigenvalue weighted by molar-refractivity contribution is 7.11. The van der Waals surface area contributed by atoms with Crippen LogP contribution in [0, 0.1) is 13.8 Å². The molecule has 1 heterocycles. The largest absolute Gasteiger partial charge is 0.370 e. The molecule has 5 heteroatoms. The molecule has 1 aromatic rings. The van der Waals surface area contributed by atoms with Crippen molar-refractivity contribution in [2.45, 2.75) is 52.0 Å². The Balaban J connectivity index is 1.75. The summed E-state index contributed by atoms with van der Waals surface area (Å²) < 4.78 is 0. The van der Waals surface area contributed by atoms with E-state index in [0.717, 1.165) is 23.7 Å². The van der Waals surface area contributed by atoms with Gasteiger partial charge >= 0.3 is 0 Å². The Morgan fingerprint density at radius 1 is 1.44 bits per heavy atom. The van der Waals surface area contributed by atoms with E-state index >= 15 is 0 Å². The minimum absolute atomic E-state index is 0.540. The first-order chi connectivity index (χ1) is 8.65. The van der Waals surface area contributed by atoms with Crippen molar-refractivity contribution in [2.24, 2.45) is 10.7 Å². The van der Waals surface area contributed by atoms with Crippen LogP contribution in [0.3, 0.4) is 0 Å². The second-order valence-corrected chi connectivity index (χ2v) is 6.18. The van der Waals surface area contributed by atoms with Crippen LogP contribution in [-0.4, -0.2) is 23.5 Å². The third-order valence-corrected chi connectivity index (χ3v) is 4.52. The molecule has 0 atom stereocenters. The first-order valence-electron chi connectivity index (χ1n) is 6.64. The quantitative estimate of drug-likeness (QED) is 0.648. The number of nitrogens with two attached hydrogens (primary N) is 1. The molecule has 100 valence electrons. The first kappa shape index (κ1) is 13.3. The molecule has 18 heavy (non-hydrogen) atoms. The molecule has 1 fully saturated rings. The van der Waals surface area contributed by atoms with E-state index < -0.39 is 0 Å². The zero-order chi connectivity index (χ0) is 13.0. The Labute approximate surface area is 113 Å². The molecule has 0 saturated heterocycles. The lowest BCUT2D eigenvalue weighted by atomic mass is 10.2. The predicted molar refractivity (Wildman–Crippen MR) is 77.2 cm³/mol. The van der Waals surface area contributed by atoms with Crippen LogP contribution in [0.4, 0.5) is 0 Å². The summed E-state index contributed by atoms with van der Waals surface area (Å²) in [7, 11) is 0. The maximum Gasteiger partial charge on any atom is 0.188 e. The van der Waals surface area contributed by atoms with E-state index in [1.807, 2.05) is 0 Å². The van der Waals surface area contributed by atoms with Gasteiger partial charge in [0.05, 0.1) is 10.7 Å². The Hall–Kier alpha value is -1.10. The number of aryl methyl sites for hydroxylation is 2. The summed E-state index contributed by atoms with van der Waals surface area (Å²) in [5.74, 6) is 0.590. The SMILES string of the molecule is Cc1nc(CCN=C(N)NC2CCCC2)sc1C. The Kier molecular flexibility index (Phi) is 4.58. The molecule has 1 aromatic heterocycles. The molecule has 1 aliphatic carbocycles. The van der Waals surface area contributed by atoms with Crippen LogP contribution in [0.5, 0.6) is 0 Å². The number of rotatable bonds is 4. The van der Waals surface area contributed by atoms with Crippen molar-refractivity contribution in [3.05, 3.63) is 15.6 Å². The molecule has 1 saturated carbocycles. The van der Waals surface area contributed by atoms with Gasteiger partial charge in [0, 0.05) is 23.9 Å². The highest BCUT2D eigenvalue weighted by Gasteiger charge is 2.14. The fourth-order valence-electron chi connectivity index (χ4n) is 2.24. The van der Waals surface area contributed by atoms with E-state index in [2.05, 4.69) is 29.1 Å². The molecular formula is C13H22N4S. The van der Waals surface area contributed by atoms with Crippen LogP contribution in [0.1, 0.15) is 41.3 Å². The highest BCUT2D eigenvalue weighted by Crippen LogP contribution is 2.18. The van der Waals surface area contributed by atoms with Gasteiger partial charge in [0.15, 0.2) is 5.96 Å². The van der Waals surface area contributed by atoms with Gasteiger partial charge in [-0.1, -0.05) is 12.8 Å². The molecule has 1 aliphatic rings. The van der Waals surface area contributed by atoms with Crippen LogP contribution in [0.15, 0.2) is 4.99 Å². The van der Waals surface area contributed by atoms with Crippen LogP contribution >= 0.6 is 11.3 Å². The van der Waals surface area contributed by atoms with Crippen LogP contribution in [0.2, 0.25) is 0 Å². The molecule has 0 radical (unpaired) electrons. The molecule has 0 bridgehead atoms. The minimum Gasteiger partial charge on any atom is -0.370 e. The van der Waals surface area contributed by atoms with Crippen molar-refractivity contribution < 1.29 is 0 Å². The predicted octanol–water partition coefficient (Wildman–Crippen LogP) is 2.15. The second kappa shape index (κ2) is 6.18. The minimum atomic E-state index is 0.540. The van der Waals surface area contributed by atoms with Gasteiger partial charge in [0.1, 0.15) is 0 Å². The normalized spacial score (nSPS) is 17.3. The van der Waals surface area contributed by atoms with E-state index in [-0.39, 0.29) is 0 Å². The lowest BCUT2D eigenvalue weighted by molar-refractivity contribution is 0.625. The molecule has 0 aliphatic heterocycles. The molecule has 0 unspecified atom stereocenters. The number of thiazole rings is 1. The Bertz CT molecular complexity index is 399. The summed E-state index contributed by atoms with van der Waals surface area (Å²) in [6.07, 6.45) is 5.94. The average Bonchev–Trinajstić information content (AvgIpc) is 2.90. The van der Waals surface area contributed by atoms with Gasteiger partial charge in [-0.15, -0.1) is 11.3 Å². The number of hydrogen-bond acceptors (Lipinski definition) is 3. The van der Waals surface area contributed by atoms with Crippen LogP contribution in [0.25, 0.3) is 0 Å². The monoisotopic (exact) mass is 266 g/mol. The maximum atomic E-state index is 5.87. The number of nitrogens with one attached hydrogen (secondary N) is 1. The van der Waals surface area contributed by atoms with Crippen molar-refractivity contribution in [3.8, 4) is 0 Å². The fourth-order valence-corrected chi connectivity index (χ4v) is 3.17. The molecular weight excluding hydrogens is 244 g/mol. The van der Waals surface area contributed by atoms with Gasteiger partial charge in [-0.25, -0.2) is 4.98 Å².